The van der Waals surface area contributed by atoms with Crippen molar-refractivity contribution in [2.45, 2.75) is 6.61 Å². The molecule has 2 aromatic heterocycles. The van der Waals surface area contributed by atoms with Gasteiger partial charge >= 0.3 is 5.97 Å². The van der Waals surface area contributed by atoms with Crippen molar-refractivity contribution in [3.63, 3.8) is 0 Å². The number of halogens is 1. The molecule has 0 aliphatic heterocycles. The van der Waals surface area contributed by atoms with Gasteiger partial charge in [-0.1, -0.05) is 0 Å². The number of esters is 1. The van der Waals surface area contributed by atoms with E-state index < -0.39 is 5.97 Å². The summed E-state index contributed by atoms with van der Waals surface area (Å²) in [6.45, 7) is -0.238. The molecule has 1 aromatic carbocycles. The van der Waals surface area contributed by atoms with E-state index in [1.54, 1.807) is 30.4 Å². The molecule has 0 amide bonds. The highest BCUT2D eigenvalue weighted by atomic mass is 19.1. The summed E-state index contributed by atoms with van der Waals surface area (Å²) in [7, 11) is 1.67. The van der Waals surface area contributed by atoms with Crippen molar-refractivity contribution in [3.8, 4) is 0 Å². The number of nitrogens with two attached hydrogens (primary N) is 1. The molecule has 0 saturated heterocycles. The Bertz CT molecular complexity index is 940. The molecule has 0 aliphatic rings. The fraction of sp³-hybridized carbons (Fsp3) is 0.176. The second kappa shape index (κ2) is 8.66. The number of aromatic nitrogens is 5. The maximum absolute atomic E-state index is 13.0. The van der Waals surface area contributed by atoms with Crippen LogP contribution in [0.3, 0.4) is 0 Å². The van der Waals surface area contributed by atoms with Gasteiger partial charge in [0.2, 0.25) is 17.8 Å². The molecule has 0 saturated carbocycles. The van der Waals surface area contributed by atoms with Crippen molar-refractivity contribution >= 4 is 29.5 Å². The van der Waals surface area contributed by atoms with Gasteiger partial charge in [0.15, 0.2) is 12.4 Å². The molecule has 0 atom stereocenters. The van der Waals surface area contributed by atoms with Crippen LogP contribution in [0, 0.1) is 5.82 Å². The van der Waals surface area contributed by atoms with Gasteiger partial charge in [0.05, 0.1) is 0 Å². The van der Waals surface area contributed by atoms with Gasteiger partial charge in [0.1, 0.15) is 12.4 Å². The number of benzene rings is 1. The van der Waals surface area contributed by atoms with Gasteiger partial charge in [0, 0.05) is 25.1 Å². The third kappa shape index (κ3) is 5.30. The lowest BCUT2D eigenvalue weighted by molar-refractivity contribution is -0.143. The molecule has 2 heterocycles. The number of hydrogen-bond donors (Lipinski definition) is 2. The molecule has 0 bridgehead atoms. The fourth-order valence-electron chi connectivity index (χ4n) is 2.16. The molecular weight excluding hydrogens is 367 g/mol. The molecule has 0 radical (unpaired) electrons. The Kier molecular flexibility index (Phi) is 5.84. The summed E-state index contributed by atoms with van der Waals surface area (Å²) in [6, 6.07) is 7.32. The van der Waals surface area contributed by atoms with Crippen molar-refractivity contribution in [2.75, 3.05) is 29.5 Å². The first-order valence-electron chi connectivity index (χ1n) is 8.16. The van der Waals surface area contributed by atoms with E-state index in [0.29, 0.717) is 11.6 Å². The van der Waals surface area contributed by atoms with Gasteiger partial charge in [0.25, 0.3) is 0 Å². The fourth-order valence-corrected chi connectivity index (χ4v) is 2.16. The summed E-state index contributed by atoms with van der Waals surface area (Å²) in [5, 5.41) is 2.88. The molecule has 0 unspecified atom stereocenters. The number of nitrogen functional groups attached to an aromatic ring is 1. The summed E-state index contributed by atoms with van der Waals surface area (Å²) in [5.41, 5.74) is 6.24. The smallest absolute Gasteiger partial charge is 0.326 e. The average molecular weight is 384 g/mol. The molecule has 28 heavy (non-hydrogen) atoms. The van der Waals surface area contributed by atoms with Gasteiger partial charge in [-0.15, -0.1) is 0 Å². The number of nitrogens with one attached hydrogen (secondary N) is 1. The van der Waals surface area contributed by atoms with Crippen molar-refractivity contribution in [1.29, 1.82) is 0 Å². The predicted molar refractivity (Wildman–Crippen MR) is 99.0 cm³/mol. The molecule has 11 heteroatoms. The van der Waals surface area contributed by atoms with Gasteiger partial charge in [-0.05, 0) is 30.3 Å². The molecule has 3 N–H and O–H groups in total. The predicted octanol–water partition coefficient (Wildman–Crippen LogP) is 1.31. The number of nitrogens with zero attached hydrogens (tertiary/aromatic N) is 6. The van der Waals surface area contributed by atoms with E-state index >= 15 is 0 Å². The molecular formula is C17H17FN8O2. The Morgan fingerprint density at radius 1 is 1.18 bits per heavy atom. The van der Waals surface area contributed by atoms with Gasteiger partial charge in [-0.25, -0.2) is 14.4 Å². The Balaban J connectivity index is 1.58. The van der Waals surface area contributed by atoms with E-state index in [1.807, 2.05) is 0 Å². The summed E-state index contributed by atoms with van der Waals surface area (Å²) in [4.78, 5) is 33.7. The van der Waals surface area contributed by atoms with Crippen molar-refractivity contribution in [2.24, 2.45) is 0 Å². The molecule has 0 spiro atoms. The highest BCUT2D eigenvalue weighted by molar-refractivity contribution is 5.74. The van der Waals surface area contributed by atoms with Crippen LogP contribution in [0.5, 0.6) is 0 Å². The van der Waals surface area contributed by atoms with Crippen molar-refractivity contribution < 1.29 is 13.9 Å². The Labute approximate surface area is 159 Å². The molecule has 3 aromatic rings. The van der Waals surface area contributed by atoms with Crippen LogP contribution >= 0.6 is 0 Å². The number of ether oxygens (including phenoxy) is 1. The van der Waals surface area contributed by atoms with E-state index in [-0.39, 0.29) is 36.7 Å². The van der Waals surface area contributed by atoms with Crippen LogP contribution in [-0.2, 0) is 16.1 Å². The van der Waals surface area contributed by atoms with Crippen LogP contribution in [0.1, 0.15) is 5.82 Å². The van der Waals surface area contributed by atoms with Gasteiger partial charge < -0.3 is 20.7 Å². The first-order chi connectivity index (χ1) is 13.5. The average Bonchev–Trinajstić information content (AvgIpc) is 2.68. The number of carbonyl (C=O) groups is 1. The van der Waals surface area contributed by atoms with Crippen molar-refractivity contribution in [3.05, 3.63) is 54.4 Å². The number of hydrogen-bond acceptors (Lipinski definition) is 10. The highest BCUT2D eigenvalue weighted by Gasteiger charge is 2.12. The lowest BCUT2D eigenvalue weighted by Crippen LogP contribution is -2.28. The molecule has 3 rings (SSSR count). The summed E-state index contributed by atoms with van der Waals surface area (Å²) in [6.07, 6.45) is 3.15. The topological polar surface area (TPSA) is 132 Å². The lowest BCUT2D eigenvalue weighted by Gasteiger charge is -2.15. The van der Waals surface area contributed by atoms with Crippen LogP contribution in [0.25, 0.3) is 0 Å². The van der Waals surface area contributed by atoms with Crippen molar-refractivity contribution in [1.82, 2.24) is 24.9 Å². The second-order valence-corrected chi connectivity index (χ2v) is 5.63. The largest absolute Gasteiger partial charge is 0.456 e. The van der Waals surface area contributed by atoms with Crippen LogP contribution in [0.15, 0.2) is 42.7 Å². The second-order valence-electron chi connectivity index (χ2n) is 5.63. The van der Waals surface area contributed by atoms with Crippen LogP contribution in [-0.4, -0.2) is 44.5 Å². The normalized spacial score (nSPS) is 10.4. The Morgan fingerprint density at radius 3 is 2.61 bits per heavy atom. The SMILES string of the molecule is CN(CC(=O)OCc1nc(N)nc(Nc2ccc(F)cc2)n1)c1ncccn1. The molecule has 10 nitrogen and oxygen atoms in total. The monoisotopic (exact) mass is 384 g/mol. The Hall–Kier alpha value is -3.89. The van der Waals surface area contributed by atoms with Crippen LogP contribution < -0.4 is 16.0 Å². The maximum Gasteiger partial charge on any atom is 0.326 e. The molecule has 0 aliphatic carbocycles. The lowest BCUT2D eigenvalue weighted by atomic mass is 10.3. The van der Waals surface area contributed by atoms with Crippen LogP contribution in [0.4, 0.5) is 27.9 Å². The highest BCUT2D eigenvalue weighted by Crippen LogP contribution is 2.14. The Morgan fingerprint density at radius 2 is 1.89 bits per heavy atom. The first kappa shape index (κ1) is 18.9. The molecule has 0 fully saturated rings. The van der Waals surface area contributed by atoms with Crippen LogP contribution in [0.2, 0.25) is 0 Å². The summed E-state index contributed by atoms with van der Waals surface area (Å²) >= 11 is 0. The van der Waals surface area contributed by atoms with Gasteiger partial charge in [-0.3, -0.25) is 4.79 Å². The van der Waals surface area contributed by atoms with E-state index in [2.05, 4.69) is 30.2 Å². The maximum atomic E-state index is 13.0. The third-order valence-electron chi connectivity index (χ3n) is 3.42. The van der Waals surface area contributed by atoms with E-state index in [0.717, 1.165) is 0 Å². The van der Waals surface area contributed by atoms with E-state index in [9.17, 15) is 9.18 Å². The quantitative estimate of drug-likeness (QED) is 0.574. The summed E-state index contributed by atoms with van der Waals surface area (Å²) < 4.78 is 18.2. The minimum Gasteiger partial charge on any atom is -0.456 e. The zero-order valence-electron chi connectivity index (χ0n) is 14.9. The van der Waals surface area contributed by atoms with E-state index in [1.165, 1.54) is 24.3 Å². The zero-order chi connectivity index (χ0) is 19.9. The minimum absolute atomic E-state index is 0.0412. The first-order valence-corrected chi connectivity index (χ1v) is 8.16. The zero-order valence-corrected chi connectivity index (χ0v) is 14.9. The number of rotatable bonds is 7. The number of carbonyl (C=O) groups excluding carboxylic acids is 1. The summed E-state index contributed by atoms with van der Waals surface area (Å²) in [5.74, 6) is -0.194. The molecule has 144 valence electrons. The minimum atomic E-state index is -0.512. The third-order valence-corrected chi connectivity index (χ3v) is 3.42. The standard InChI is InChI=1S/C17H17FN8O2/c1-26(17-20-7-2-8-21-17)9-14(27)28-10-13-23-15(19)25-16(24-13)22-12-5-3-11(18)4-6-12/h2-8H,9-10H2,1H3,(H3,19,22,23,24,25). The number of likely N-dealkylation sites (N-methyl/N-ethyl adjacent to an activating group) is 1. The number of anilines is 4. The van der Waals surface area contributed by atoms with E-state index in [4.69, 9.17) is 10.5 Å². The van der Waals surface area contributed by atoms with Gasteiger partial charge in [-0.2, -0.15) is 15.0 Å².